The van der Waals surface area contributed by atoms with Gasteiger partial charge in [-0.05, 0) is 6.07 Å². The van der Waals surface area contributed by atoms with E-state index in [2.05, 4.69) is 19.6 Å². The predicted molar refractivity (Wildman–Crippen MR) is 44.2 cm³/mol. The molecule has 0 saturated carbocycles. The van der Waals surface area contributed by atoms with Gasteiger partial charge in [0.1, 0.15) is 5.75 Å². The lowest BCUT2D eigenvalue weighted by Crippen LogP contribution is -2.07. The summed E-state index contributed by atoms with van der Waals surface area (Å²) in [6.07, 6.45) is -2.33. The first-order chi connectivity index (χ1) is 7.47. The molecular formula is C8H4F3N3O2. The number of hydrogen-bond acceptors (Lipinski definition) is 5. The smallest absolute Gasteiger partial charge is 0.455 e. The van der Waals surface area contributed by atoms with E-state index < -0.39 is 12.0 Å². The lowest BCUT2D eigenvalue weighted by molar-refractivity contribution is -0.146. The summed E-state index contributed by atoms with van der Waals surface area (Å²) < 4.78 is 40.8. The molecule has 2 aromatic heterocycles. The highest BCUT2D eigenvalue weighted by Crippen LogP contribution is 2.29. The second kappa shape index (κ2) is 3.47. The Balaban J connectivity index is 2.39. The monoisotopic (exact) mass is 231 g/mol. The first kappa shape index (κ1) is 10.4. The van der Waals surface area contributed by atoms with Crippen LogP contribution in [0.1, 0.15) is 5.82 Å². The molecule has 0 saturated heterocycles. The van der Waals surface area contributed by atoms with Crippen molar-refractivity contribution < 1.29 is 22.8 Å². The van der Waals surface area contributed by atoms with Crippen molar-refractivity contribution in [1.82, 2.24) is 15.1 Å². The zero-order valence-corrected chi connectivity index (χ0v) is 7.56. The molecule has 0 aromatic carbocycles. The largest absolute Gasteiger partial charge is 0.506 e. The molecule has 0 fully saturated rings. The molecule has 0 unspecified atom stereocenters. The average molecular weight is 231 g/mol. The van der Waals surface area contributed by atoms with Gasteiger partial charge in [0.25, 0.3) is 11.7 Å². The summed E-state index contributed by atoms with van der Waals surface area (Å²) in [6.45, 7) is 0. The Bertz CT molecular complexity index is 509. The maximum atomic E-state index is 12.1. The Morgan fingerprint density at radius 3 is 2.56 bits per heavy atom. The first-order valence-corrected chi connectivity index (χ1v) is 4.02. The molecule has 0 aliphatic heterocycles. The number of nitrogens with zero attached hydrogens (tertiary/aromatic N) is 3. The fourth-order valence-corrected chi connectivity index (χ4v) is 1.00. The highest BCUT2D eigenvalue weighted by molar-refractivity contribution is 5.53. The summed E-state index contributed by atoms with van der Waals surface area (Å²) >= 11 is 0. The van der Waals surface area contributed by atoms with Crippen LogP contribution >= 0.6 is 0 Å². The SMILES string of the molecule is Oc1cncc(-c2nc(C(F)(F)F)no2)c1. The van der Waals surface area contributed by atoms with E-state index in [4.69, 9.17) is 5.11 Å². The third-order valence-corrected chi connectivity index (χ3v) is 1.65. The van der Waals surface area contributed by atoms with Gasteiger partial charge in [-0.2, -0.15) is 18.2 Å². The number of pyridine rings is 1. The van der Waals surface area contributed by atoms with Crippen molar-refractivity contribution in [1.29, 1.82) is 0 Å². The van der Waals surface area contributed by atoms with Crippen LogP contribution in [0.2, 0.25) is 0 Å². The van der Waals surface area contributed by atoms with E-state index in [1.54, 1.807) is 0 Å². The standard InChI is InChI=1S/C8H4F3N3O2/c9-8(10,11)7-13-6(16-14-7)4-1-5(15)3-12-2-4/h1-3,15H. The molecule has 0 spiro atoms. The van der Waals surface area contributed by atoms with Crippen LogP contribution in [0.4, 0.5) is 13.2 Å². The van der Waals surface area contributed by atoms with Crippen LogP contribution < -0.4 is 0 Å². The van der Waals surface area contributed by atoms with Gasteiger partial charge in [-0.25, -0.2) is 0 Å². The number of rotatable bonds is 1. The average Bonchev–Trinajstić information content (AvgIpc) is 2.65. The molecule has 5 nitrogen and oxygen atoms in total. The third kappa shape index (κ3) is 1.95. The van der Waals surface area contributed by atoms with Crippen LogP contribution in [0.15, 0.2) is 23.0 Å². The van der Waals surface area contributed by atoms with Crippen LogP contribution in [-0.2, 0) is 6.18 Å². The lowest BCUT2D eigenvalue weighted by Gasteiger charge is -1.96. The molecule has 2 rings (SSSR count). The first-order valence-electron chi connectivity index (χ1n) is 4.02. The van der Waals surface area contributed by atoms with Gasteiger partial charge >= 0.3 is 6.18 Å². The summed E-state index contributed by atoms with van der Waals surface area (Å²) in [5.41, 5.74) is 0.114. The Hall–Kier alpha value is -2.12. The minimum atomic E-state index is -4.66. The van der Waals surface area contributed by atoms with Crippen molar-refractivity contribution in [2.24, 2.45) is 0 Å². The molecular weight excluding hydrogens is 227 g/mol. The fraction of sp³-hybridized carbons (Fsp3) is 0.125. The summed E-state index contributed by atoms with van der Waals surface area (Å²) in [6, 6.07) is 1.17. The van der Waals surface area contributed by atoms with Gasteiger partial charge < -0.3 is 9.63 Å². The number of aromatic nitrogens is 3. The molecule has 0 radical (unpaired) electrons. The van der Waals surface area contributed by atoms with Crippen molar-refractivity contribution in [3.63, 3.8) is 0 Å². The number of alkyl halides is 3. The summed E-state index contributed by atoms with van der Waals surface area (Å²) in [5.74, 6) is -1.93. The fourth-order valence-electron chi connectivity index (χ4n) is 1.00. The van der Waals surface area contributed by atoms with Crippen molar-refractivity contribution in [3.05, 3.63) is 24.3 Å². The van der Waals surface area contributed by atoms with Crippen LogP contribution in [0.25, 0.3) is 11.5 Å². The lowest BCUT2D eigenvalue weighted by atomic mass is 10.3. The second-order valence-electron chi connectivity index (χ2n) is 2.85. The summed E-state index contributed by atoms with van der Waals surface area (Å²) in [5, 5.41) is 11.8. The van der Waals surface area contributed by atoms with Crippen molar-refractivity contribution in [3.8, 4) is 17.2 Å². The van der Waals surface area contributed by atoms with Gasteiger partial charge in [-0.1, -0.05) is 5.16 Å². The Kier molecular flexibility index (Phi) is 2.26. The highest BCUT2D eigenvalue weighted by Gasteiger charge is 2.37. The van der Waals surface area contributed by atoms with E-state index in [1.807, 2.05) is 0 Å². The van der Waals surface area contributed by atoms with E-state index >= 15 is 0 Å². The van der Waals surface area contributed by atoms with Crippen LogP contribution in [0.3, 0.4) is 0 Å². The molecule has 16 heavy (non-hydrogen) atoms. The molecule has 0 bridgehead atoms. The Morgan fingerprint density at radius 1 is 1.25 bits per heavy atom. The minimum Gasteiger partial charge on any atom is -0.506 e. The van der Waals surface area contributed by atoms with Crippen LogP contribution in [0, 0.1) is 0 Å². The zero-order chi connectivity index (χ0) is 11.8. The molecule has 0 atom stereocenters. The predicted octanol–water partition coefficient (Wildman–Crippen LogP) is 1.86. The van der Waals surface area contributed by atoms with E-state index in [0.29, 0.717) is 0 Å². The molecule has 2 heterocycles. The Morgan fingerprint density at radius 2 is 2.00 bits per heavy atom. The summed E-state index contributed by atoms with van der Waals surface area (Å²) in [7, 11) is 0. The minimum absolute atomic E-state index is 0.114. The van der Waals surface area contributed by atoms with Gasteiger partial charge in [0.15, 0.2) is 0 Å². The van der Waals surface area contributed by atoms with E-state index in [1.165, 1.54) is 12.3 Å². The van der Waals surface area contributed by atoms with Crippen molar-refractivity contribution in [2.45, 2.75) is 6.18 Å². The maximum Gasteiger partial charge on any atom is 0.455 e. The summed E-state index contributed by atoms with van der Waals surface area (Å²) in [4.78, 5) is 6.71. The van der Waals surface area contributed by atoms with Crippen LogP contribution in [0.5, 0.6) is 5.75 Å². The zero-order valence-electron chi connectivity index (χ0n) is 7.56. The maximum absolute atomic E-state index is 12.1. The molecule has 1 N–H and O–H groups in total. The van der Waals surface area contributed by atoms with E-state index in [9.17, 15) is 13.2 Å². The normalized spacial score (nSPS) is 11.7. The number of halogens is 3. The van der Waals surface area contributed by atoms with E-state index in [-0.39, 0.29) is 17.2 Å². The van der Waals surface area contributed by atoms with E-state index in [0.717, 1.165) is 6.20 Å². The highest BCUT2D eigenvalue weighted by atomic mass is 19.4. The van der Waals surface area contributed by atoms with Crippen molar-refractivity contribution >= 4 is 0 Å². The number of hydrogen-bond donors (Lipinski definition) is 1. The van der Waals surface area contributed by atoms with Gasteiger partial charge in [-0.15, -0.1) is 0 Å². The molecule has 0 aliphatic rings. The van der Waals surface area contributed by atoms with Gasteiger partial charge in [-0.3, -0.25) is 4.98 Å². The van der Waals surface area contributed by atoms with Gasteiger partial charge in [0, 0.05) is 6.20 Å². The van der Waals surface area contributed by atoms with Gasteiger partial charge in [0.05, 0.1) is 11.8 Å². The molecule has 0 aliphatic carbocycles. The van der Waals surface area contributed by atoms with Gasteiger partial charge in [0.2, 0.25) is 0 Å². The quantitative estimate of drug-likeness (QED) is 0.810. The molecule has 84 valence electrons. The topological polar surface area (TPSA) is 72.0 Å². The molecule has 0 amide bonds. The third-order valence-electron chi connectivity index (χ3n) is 1.65. The van der Waals surface area contributed by atoms with Crippen molar-refractivity contribution in [2.75, 3.05) is 0 Å². The Labute approximate surface area is 86.5 Å². The second-order valence-corrected chi connectivity index (χ2v) is 2.85. The molecule has 8 heteroatoms. The molecule has 2 aromatic rings. The number of aromatic hydroxyl groups is 1. The van der Waals surface area contributed by atoms with Crippen LogP contribution in [-0.4, -0.2) is 20.2 Å².